The molecule has 5 heteroatoms. The number of methoxy groups -OCH3 is 1. The Morgan fingerprint density at radius 1 is 0.900 bits per heavy atom. The zero-order chi connectivity index (χ0) is 20.9. The van der Waals surface area contributed by atoms with Crippen LogP contribution in [0.4, 0.5) is 10.1 Å². The second-order valence-corrected chi connectivity index (χ2v) is 7.25. The molecule has 0 heterocycles. The maximum absolute atomic E-state index is 14.0. The van der Waals surface area contributed by atoms with E-state index in [1.807, 2.05) is 42.5 Å². The highest BCUT2D eigenvalue weighted by molar-refractivity contribution is 6.32. The van der Waals surface area contributed by atoms with Crippen molar-refractivity contribution in [2.75, 3.05) is 12.4 Å². The second-order valence-electron chi connectivity index (χ2n) is 6.85. The number of nitrogens with one attached hydrogen (secondary N) is 1. The molecule has 4 rings (SSSR count). The lowest BCUT2D eigenvalue weighted by Gasteiger charge is -2.16. The fourth-order valence-electron chi connectivity index (χ4n) is 3.37. The average molecular weight is 422 g/mol. The first-order valence-electron chi connectivity index (χ1n) is 9.60. The van der Waals surface area contributed by atoms with E-state index in [4.69, 9.17) is 21.1 Å². The number of hydrogen-bond acceptors (Lipinski definition) is 3. The van der Waals surface area contributed by atoms with Crippen LogP contribution < -0.4 is 14.8 Å². The van der Waals surface area contributed by atoms with Gasteiger partial charge in [-0.15, -0.1) is 0 Å². The summed E-state index contributed by atoms with van der Waals surface area (Å²) in [6, 6.07) is 24.3. The molecule has 0 saturated heterocycles. The quantitative estimate of drug-likeness (QED) is 0.354. The fraction of sp³-hybridized carbons (Fsp3) is 0.120. The number of ether oxygens (including phenoxy) is 2. The SMILES string of the molecule is COc1ccc(NCc2c(OCc3ccccc3F)ccc3ccccc23)cc1Cl. The summed E-state index contributed by atoms with van der Waals surface area (Å²) in [5.41, 5.74) is 2.39. The molecule has 4 aromatic carbocycles. The molecule has 0 fully saturated rings. The van der Waals surface area contributed by atoms with Gasteiger partial charge in [-0.3, -0.25) is 0 Å². The Bertz CT molecular complexity index is 1180. The molecule has 0 unspecified atom stereocenters. The molecule has 0 radical (unpaired) electrons. The van der Waals surface area contributed by atoms with Gasteiger partial charge in [0.15, 0.2) is 0 Å². The third-order valence-corrected chi connectivity index (χ3v) is 5.26. The number of anilines is 1. The summed E-state index contributed by atoms with van der Waals surface area (Å²) in [5.74, 6) is 1.07. The predicted octanol–water partition coefficient (Wildman–Crippen LogP) is 6.83. The lowest BCUT2D eigenvalue weighted by molar-refractivity contribution is 0.297. The number of fused-ring (bicyclic) bond motifs is 1. The summed E-state index contributed by atoms with van der Waals surface area (Å²) in [6.07, 6.45) is 0. The minimum Gasteiger partial charge on any atom is -0.495 e. The third-order valence-electron chi connectivity index (χ3n) is 4.96. The van der Waals surface area contributed by atoms with Crippen molar-refractivity contribution in [1.82, 2.24) is 0 Å². The lowest BCUT2D eigenvalue weighted by atomic mass is 10.0. The van der Waals surface area contributed by atoms with Crippen LogP contribution in [0.3, 0.4) is 0 Å². The normalized spacial score (nSPS) is 10.8. The van der Waals surface area contributed by atoms with Gasteiger partial charge in [0, 0.05) is 23.4 Å². The molecule has 0 spiro atoms. The summed E-state index contributed by atoms with van der Waals surface area (Å²) in [6.45, 7) is 0.684. The van der Waals surface area contributed by atoms with Crippen LogP contribution in [0.25, 0.3) is 10.8 Å². The van der Waals surface area contributed by atoms with Crippen LogP contribution in [-0.2, 0) is 13.2 Å². The van der Waals surface area contributed by atoms with Gasteiger partial charge in [-0.2, -0.15) is 0 Å². The Morgan fingerprint density at radius 2 is 1.67 bits per heavy atom. The largest absolute Gasteiger partial charge is 0.495 e. The standard InChI is InChI=1S/C25H21ClFNO2/c1-29-25-13-11-19(14-22(25)26)28-15-21-20-8-4-2-6-17(20)10-12-24(21)30-16-18-7-3-5-9-23(18)27/h2-14,28H,15-16H2,1H3. The van der Waals surface area contributed by atoms with Crippen molar-refractivity contribution >= 4 is 28.1 Å². The van der Waals surface area contributed by atoms with Crippen molar-refractivity contribution < 1.29 is 13.9 Å². The lowest BCUT2D eigenvalue weighted by Crippen LogP contribution is -2.05. The maximum atomic E-state index is 14.0. The third kappa shape index (κ3) is 4.34. The molecule has 0 atom stereocenters. The van der Waals surface area contributed by atoms with E-state index in [1.165, 1.54) is 6.07 Å². The molecule has 1 N–H and O–H groups in total. The van der Waals surface area contributed by atoms with E-state index in [9.17, 15) is 4.39 Å². The van der Waals surface area contributed by atoms with E-state index in [0.717, 1.165) is 22.0 Å². The van der Waals surface area contributed by atoms with Gasteiger partial charge in [-0.25, -0.2) is 4.39 Å². The molecule has 152 valence electrons. The Kier molecular flexibility index (Phi) is 6.05. The van der Waals surface area contributed by atoms with Gasteiger partial charge in [0.25, 0.3) is 0 Å². The zero-order valence-corrected chi connectivity index (χ0v) is 17.2. The first-order valence-corrected chi connectivity index (χ1v) is 9.98. The van der Waals surface area contributed by atoms with Crippen molar-refractivity contribution in [3.8, 4) is 11.5 Å². The summed E-state index contributed by atoms with van der Waals surface area (Å²) in [4.78, 5) is 0. The van der Waals surface area contributed by atoms with Crippen LogP contribution in [0.15, 0.2) is 78.9 Å². The molecule has 0 amide bonds. The van der Waals surface area contributed by atoms with E-state index in [0.29, 0.717) is 28.6 Å². The summed E-state index contributed by atoms with van der Waals surface area (Å²) in [7, 11) is 1.59. The Hall–Kier alpha value is -3.24. The van der Waals surface area contributed by atoms with Gasteiger partial charge in [0.05, 0.1) is 12.1 Å². The van der Waals surface area contributed by atoms with Crippen molar-refractivity contribution in [3.63, 3.8) is 0 Å². The number of hydrogen-bond donors (Lipinski definition) is 1. The average Bonchev–Trinajstić information content (AvgIpc) is 2.77. The smallest absolute Gasteiger partial charge is 0.137 e. The Morgan fingerprint density at radius 3 is 2.47 bits per heavy atom. The van der Waals surface area contributed by atoms with Crippen LogP contribution in [0.1, 0.15) is 11.1 Å². The molecule has 4 aromatic rings. The van der Waals surface area contributed by atoms with E-state index in [1.54, 1.807) is 25.3 Å². The highest BCUT2D eigenvalue weighted by atomic mass is 35.5. The van der Waals surface area contributed by atoms with Crippen LogP contribution in [0.5, 0.6) is 11.5 Å². The molecular weight excluding hydrogens is 401 g/mol. The summed E-state index contributed by atoms with van der Waals surface area (Å²) >= 11 is 6.24. The van der Waals surface area contributed by atoms with Crippen LogP contribution in [0.2, 0.25) is 5.02 Å². The summed E-state index contributed by atoms with van der Waals surface area (Å²) in [5, 5.41) is 6.13. The van der Waals surface area contributed by atoms with Crippen molar-refractivity contribution in [2.45, 2.75) is 13.2 Å². The molecule has 0 bridgehead atoms. The van der Waals surface area contributed by atoms with Gasteiger partial charge in [-0.1, -0.05) is 60.1 Å². The van der Waals surface area contributed by atoms with Crippen LogP contribution in [0, 0.1) is 5.82 Å². The molecule has 0 aliphatic heterocycles. The monoisotopic (exact) mass is 421 g/mol. The molecule has 30 heavy (non-hydrogen) atoms. The van der Waals surface area contributed by atoms with Gasteiger partial charge < -0.3 is 14.8 Å². The van der Waals surface area contributed by atoms with Gasteiger partial charge in [-0.05, 0) is 41.1 Å². The summed E-state index contributed by atoms with van der Waals surface area (Å²) < 4.78 is 25.2. The predicted molar refractivity (Wildman–Crippen MR) is 120 cm³/mol. The topological polar surface area (TPSA) is 30.5 Å². The Balaban J connectivity index is 1.62. The fourth-order valence-corrected chi connectivity index (χ4v) is 3.63. The molecule has 3 nitrogen and oxygen atoms in total. The highest BCUT2D eigenvalue weighted by Crippen LogP contribution is 2.31. The van der Waals surface area contributed by atoms with E-state index >= 15 is 0 Å². The van der Waals surface area contributed by atoms with E-state index < -0.39 is 0 Å². The molecule has 0 aliphatic rings. The number of rotatable bonds is 7. The number of benzene rings is 4. The molecular formula is C25H21ClFNO2. The van der Waals surface area contributed by atoms with Gasteiger partial charge in [0.2, 0.25) is 0 Å². The highest BCUT2D eigenvalue weighted by Gasteiger charge is 2.11. The van der Waals surface area contributed by atoms with Crippen molar-refractivity contribution in [3.05, 3.63) is 101 Å². The van der Waals surface area contributed by atoms with Crippen LogP contribution >= 0.6 is 11.6 Å². The maximum Gasteiger partial charge on any atom is 0.137 e. The minimum absolute atomic E-state index is 0.159. The first-order chi connectivity index (χ1) is 14.7. The van der Waals surface area contributed by atoms with Crippen molar-refractivity contribution in [2.24, 2.45) is 0 Å². The van der Waals surface area contributed by atoms with E-state index in [-0.39, 0.29) is 12.4 Å². The van der Waals surface area contributed by atoms with Crippen molar-refractivity contribution in [1.29, 1.82) is 0 Å². The van der Waals surface area contributed by atoms with Gasteiger partial charge in [0.1, 0.15) is 23.9 Å². The minimum atomic E-state index is -0.272. The zero-order valence-electron chi connectivity index (χ0n) is 16.5. The second kappa shape index (κ2) is 9.06. The Labute approximate surface area is 180 Å². The molecule has 0 saturated carbocycles. The molecule has 0 aliphatic carbocycles. The number of halogens is 2. The van der Waals surface area contributed by atoms with Crippen LogP contribution in [-0.4, -0.2) is 7.11 Å². The molecule has 0 aromatic heterocycles. The first kappa shape index (κ1) is 20.0. The van der Waals surface area contributed by atoms with Gasteiger partial charge >= 0.3 is 0 Å². The van der Waals surface area contributed by atoms with E-state index in [2.05, 4.69) is 17.4 Å².